The van der Waals surface area contributed by atoms with Crippen molar-refractivity contribution in [3.05, 3.63) is 126 Å². The minimum atomic E-state index is -0.248. The van der Waals surface area contributed by atoms with Gasteiger partial charge in [0.2, 0.25) is 5.91 Å². The molecule has 0 fully saturated rings. The molecular weight excluding hydrogens is 476 g/mol. The molecule has 0 aliphatic carbocycles. The number of nitrogens with one attached hydrogen (secondary N) is 3. The van der Waals surface area contributed by atoms with Gasteiger partial charge in [-0.15, -0.1) is 0 Å². The highest BCUT2D eigenvalue weighted by molar-refractivity contribution is 6.06. The number of para-hydroxylation sites is 1. The Morgan fingerprint density at radius 3 is 2.08 bits per heavy atom. The molecule has 192 valence electrons. The van der Waals surface area contributed by atoms with Crippen molar-refractivity contribution >= 4 is 34.8 Å². The van der Waals surface area contributed by atoms with Crippen LogP contribution in [-0.2, 0) is 11.3 Å². The monoisotopic (exact) mass is 506 g/mol. The van der Waals surface area contributed by atoms with Crippen molar-refractivity contribution in [2.45, 2.75) is 13.5 Å². The Kier molecular flexibility index (Phi) is 8.86. The van der Waals surface area contributed by atoms with E-state index in [2.05, 4.69) is 16.0 Å². The number of carbonyl (C=O) groups excluding carboxylic acids is 3. The van der Waals surface area contributed by atoms with Crippen LogP contribution >= 0.6 is 0 Å². The normalized spacial score (nSPS) is 10.3. The Balaban J connectivity index is 1.28. The van der Waals surface area contributed by atoms with Crippen LogP contribution in [0.15, 0.2) is 109 Å². The van der Waals surface area contributed by atoms with Gasteiger partial charge in [0, 0.05) is 41.3 Å². The third-order valence-electron chi connectivity index (χ3n) is 5.92. The van der Waals surface area contributed by atoms with E-state index >= 15 is 0 Å². The van der Waals surface area contributed by atoms with E-state index in [9.17, 15) is 14.4 Å². The van der Waals surface area contributed by atoms with Gasteiger partial charge in [0.1, 0.15) is 0 Å². The molecule has 4 rings (SSSR count). The molecule has 3 amide bonds. The molecule has 0 aliphatic rings. The quantitative estimate of drug-likeness (QED) is 0.271. The summed E-state index contributed by atoms with van der Waals surface area (Å²) in [6.45, 7) is 2.93. The van der Waals surface area contributed by atoms with Gasteiger partial charge in [-0.05, 0) is 67.1 Å². The average Bonchev–Trinajstić information content (AvgIpc) is 2.97. The van der Waals surface area contributed by atoms with Gasteiger partial charge < -0.3 is 20.9 Å². The second-order valence-corrected chi connectivity index (χ2v) is 8.61. The van der Waals surface area contributed by atoms with Crippen molar-refractivity contribution in [3.63, 3.8) is 0 Å². The van der Waals surface area contributed by atoms with Crippen LogP contribution in [0.1, 0.15) is 33.2 Å². The van der Waals surface area contributed by atoms with Crippen molar-refractivity contribution in [1.29, 1.82) is 0 Å². The lowest BCUT2D eigenvalue weighted by Crippen LogP contribution is -2.30. The fourth-order valence-corrected chi connectivity index (χ4v) is 3.94. The zero-order valence-electron chi connectivity index (χ0n) is 21.2. The minimum absolute atomic E-state index is 0.0210. The average molecular weight is 507 g/mol. The maximum absolute atomic E-state index is 13.1. The van der Waals surface area contributed by atoms with E-state index in [-0.39, 0.29) is 24.3 Å². The summed E-state index contributed by atoms with van der Waals surface area (Å²) in [6, 6.07) is 33.0. The highest BCUT2D eigenvalue weighted by atomic mass is 16.2. The van der Waals surface area contributed by atoms with Gasteiger partial charge in [-0.3, -0.25) is 14.4 Å². The van der Waals surface area contributed by atoms with E-state index < -0.39 is 0 Å². The first kappa shape index (κ1) is 26.2. The van der Waals surface area contributed by atoms with Crippen LogP contribution < -0.4 is 20.9 Å². The highest BCUT2D eigenvalue weighted by Gasteiger charge is 2.16. The molecule has 0 radical (unpaired) electrons. The van der Waals surface area contributed by atoms with Gasteiger partial charge in [0.15, 0.2) is 0 Å². The third-order valence-corrected chi connectivity index (χ3v) is 5.92. The lowest BCUT2D eigenvalue weighted by molar-refractivity contribution is -0.114. The molecule has 4 aromatic carbocycles. The highest BCUT2D eigenvalue weighted by Crippen LogP contribution is 2.19. The van der Waals surface area contributed by atoms with Gasteiger partial charge in [-0.1, -0.05) is 54.6 Å². The second kappa shape index (κ2) is 12.9. The summed E-state index contributed by atoms with van der Waals surface area (Å²) < 4.78 is 0. The maximum atomic E-state index is 13.1. The molecule has 0 heterocycles. The number of hydrogen-bond acceptors (Lipinski definition) is 4. The van der Waals surface area contributed by atoms with E-state index in [0.717, 1.165) is 11.3 Å². The van der Waals surface area contributed by atoms with E-state index in [1.54, 1.807) is 47.4 Å². The SMILES string of the molecule is CCN(C(=O)c1cccc(NCC(=O)Nc2ccc(C(=O)NCc3ccccc3)cc2)c1)c1ccccc1. The molecule has 0 bridgehead atoms. The molecule has 0 unspecified atom stereocenters. The fraction of sp³-hybridized carbons (Fsp3) is 0.129. The molecule has 0 saturated carbocycles. The lowest BCUT2D eigenvalue weighted by Gasteiger charge is -2.21. The standard InChI is InChI=1S/C31H30N4O3/c1-2-35(28-14-7-4-8-15-28)31(38)25-12-9-13-27(20-25)32-22-29(36)34-26-18-16-24(17-19-26)30(37)33-21-23-10-5-3-6-11-23/h3-20,32H,2,21-22H2,1H3,(H,33,37)(H,34,36). The van der Waals surface area contributed by atoms with Crippen molar-refractivity contribution in [2.24, 2.45) is 0 Å². The Morgan fingerprint density at radius 2 is 1.39 bits per heavy atom. The van der Waals surface area contributed by atoms with Crippen molar-refractivity contribution in [2.75, 3.05) is 28.6 Å². The first-order valence-electron chi connectivity index (χ1n) is 12.5. The summed E-state index contributed by atoms with van der Waals surface area (Å²) in [5, 5.41) is 8.77. The summed E-state index contributed by atoms with van der Waals surface area (Å²) in [5.74, 6) is -0.543. The van der Waals surface area contributed by atoms with Gasteiger partial charge in [0.05, 0.1) is 6.54 Å². The molecule has 3 N–H and O–H groups in total. The minimum Gasteiger partial charge on any atom is -0.376 e. The van der Waals surface area contributed by atoms with E-state index in [1.165, 1.54) is 0 Å². The maximum Gasteiger partial charge on any atom is 0.258 e. The molecule has 0 aliphatic heterocycles. The molecule has 0 aromatic heterocycles. The molecule has 38 heavy (non-hydrogen) atoms. The number of benzene rings is 4. The molecule has 0 atom stereocenters. The van der Waals surface area contributed by atoms with Crippen LogP contribution in [0.4, 0.5) is 17.1 Å². The molecule has 7 heteroatoms. The first-order valence-corrected chi connectivity index (χ1v) is 12.5. The zero-order valence-corrected chi connectivity index (χ0v) is 21.2. The largest absolute Gasteiger partial charge is 0.376 e. The van der Waals surface area contributed by atoms with Crippen LogP contribution in [0.25, 0.3) is 0 Å². The van der Waals surface area contributed by atoms with Crippen LogP contribution in [-0.4, -0.2) is 30.8 Å². The van der Waals surface area contributed by atoms with E-state index in [1.807, 2.05) is 73.7 Å². The Bertz CT molecular complexity index is 1370. The second-order valence-electron chi connectivity index (χ2n) is 8.61. The summed E-state index contributed by atoms with van der Waals surface area (Å²) in [6.07, 6.45) is 0. The molecule has 4 aromatic rings. The summed E-state index contributed by atoms with van der Waals surface area (Å²) in [4.78, 5) is 39.7. The van der Waals surface area contributed by atoms with Crippen molar-refractivity contribution < 1.29 is 14.4 Å². The molecular formula is C31H30N4O3. The fourth-order valence-electron chi connectivity index (χ4n) is 3.94. The first-order chi connectivity index (χ1) is 18.5. The van der Waals surface area contributed by atoms with Gasteiger partial charge in [0.25, 0.3) is 11.8 Å². The van der Waals surface area contributed by atoms with Gasteiger partial charge in [-0.25, -0.2) is 0 Å². The van der Waals surface area contributed by atoms with Crippen LogP contribution in [0.3, 0.4) is 0 Å². The summed E-state index contributed by atoms with van der Waals surface area (Å²) >= 11 is 0. The predicted molar refractivity (Wildman–Crippen MR) is 151 cm³/mol. The number of hydrogen-bond donors (Lipinski definition) is 3. The van der Waals surface area contributed by atoms with Crippen LogP contribution in [0, 0.1) is 0 Å². The zero-order chi connectivity index (χ0) is 26.7. The number of rotatable bonds is 10. The van der Waals surface area contributed by atoms with Gasteiger partial charge >= 0.3 is 0 Å². The molecule has 0 saturated heterocycles. The van der Waals surface area contributed by atoms with Crippen molar-refractivity contribution in [3.8, 4) is 0 Å². The Morgan fingerprint density at radius 1 is 0.711 bits per heavy atom. The third kappa shape index (κ3) is 7.07. The Labute approximate surface area is 222 Å². The van der Waals surface area contributed by atoms with E-state index in [0.29, 0.717) is 35.6 Å². The summed E-state index contributed by atoms with van der Waals surface area (Å²) in [7, 11) is 0. The van der Waals surface area contributed by atoms with Crippen molar-refractivity contribution in [1.82, 2.24) is 5.32 Å². The molecule has 0 spiro atoms. The number of anilines is 3. The van der Waals surface area contributed by atoms with E-state index in [4.69, 9.17) is 0 Å². The summed E-state index contributed by atoms with van der Waals surface area (Å²) in [5.41, 5.74) is 4.14. The smallest absolute Gasteiger partial charge is 0.258 e. The number of carbonyl (C=O) groups is 3. The predicted octanol–water partition coefficient (Wildman–Crippen LogP) is 5.33. The molecule has 7 nitrogen and oxygen atoms in total. The Hall–Kier alpha value is -4.91. The topological polar surface area (TPSA) is 90.5 Å². The number of nitrogens with zero attached hydrogens (tertiary/aromatic N) is 1. The van der Waals surface area contributed by atoms with Crippen LogP contribution in [0.2, 0.25) is 0 Å². The van der Waals surface area contributed by atoms with Crippen LogP contribution in [0.5, 0.6) is 0 Å². The van der Waals surface area contributed by atoms with Gasteiger partial charge in [-0.2, -0.15) is 0 Å². The number of amides is 3. The lowest BCUT2D eigenvalue weighted by atomic mass is 10.1.